The summed E-state index contributed by atoms with van der Waals surface area (Å²) in [4.78, 5) is 12.9. The lowest BCUT2D eigenvalue weighted by Gasteiger charge is -2.09. The second-order valence-corrected chi connectivity index (χ2v) is 8.73. The number of rotatable bonds is 14. The van der Waals surface area contributed by atoms with Crippen LogP contribution in [-0.4, -0.2) is 39.4 Å². The Hall–Kier alpha value is -2.15. The standard InChI is InChI=1S/C25H34N2O3S/c1-3-11-26-13-5-15-29-19-7-9-21-23(17-19)31-24-18-20(8-10-22(24)25(21)28)30-16-6-14-27-12-4-2/h7-10,17-18,26-27H,3-6,11-16H2,1-2H3. The van der Waals surface area contributed by atoms with Gasteiger partial charge in [0, 0.05) is 20.2 Å². The van der Waals surface area contributed by atoms with Crippen LogP contribution < -0.4 is 25.5 Å². The highest BCUT2D eigenvalue weighted by atomic mass is 32.1. The number of benzene rings is 2. The SMILES string of the molecule is CCCNCCCOc1ccc2c(=O)c3ccc(OCCCNCCC)cc3sc2c1. The minimum absolute atomic E-state index is 0.0642. The fraction of sp³-hybridized carbons (Fsp3) is 0.480. The number of fused-ring (bicyclic) bond motifs is 2. The van der Waals surface area contributed by atoms with E-state index in [1.807, 2.05) is 36.4 Å². The maximum Gasteiger partial charge on any atom is 0.195 e. The second kappa shape index (κ2) is 12.6. The fourth-order valence-corrected chi connectivity index (χ4v) is 4.50. The predicted molar refractivity (Wildman–Crippen MR) is 132 cm³/mol. The zero-order valence-electron chi connectivity index (χ0n) is 18.7. The van der Waals surface area contributed by atoms with Crippen LogP contribution in [0, 0.1) is 0 Å². The van der Waals surface area contributed by atoms with Crippen LogP contribution in [0.3, 0.4) is 0 Å². The molecular formula is C25H34N2O3S. The molecule has 0 spiro atoms. The van der Waals surface area contributed by atoms with Crippen LogP contribution in [-0.2, 0) is 0 Å². The van der Waals surface area contributed by atoms with Crippen LogP contribution in [0.25, 0.3) is 20.2 Å². The van der Waals surface area contributed by atoms with Crippen LogP contribution in [0.15, 0.2) is 41.2 Å². The lowest BCUT2D eigenvalue weighted by Crippen LogP contribution is -2.18. The zero-order valence-corrected chi connectivity index (χ0v) is 19.5. The molecule has 0 saturated carbocycles. The van der Waals surface area contributed by atoms with Gasteiger partial charge in [-0.15, -0.1) is 11.3 Å². The van der Waals surface area contributed by atoms with E-state index in [2.05, 4.69) is 24.5 Å². The quantitative estimate of drug-likeness (QED) is 0.273. The summed E-state index contributed by atoms with van der Waals surface area (Å²) in [6, 6.07) is 11.5. The minimum atomic E-state index is 0.0642. The summed E-state index contributed by atoms with van der Waals surface area (Å²) in [5.41, 5.74) is 0.0642. The smallest absolute Gasteiger partial charge is 0.195 e. The molecule has 1 heterocycles. The molecule has 0 aliphatic carbocycles. The first kappa shape index (κ1) is 23.5. The van der Waals surface area contributed by atoms with Gasteiger partial charge in [0.2, 0.25) is 0 Å². The topological polar surface area (TPSA) is 59.6 Å². The van der Waals surface area contributed by atoms with Crippen molar-refractivity contribution in [3.8, 4) is 11.5 Å². The van der Waals surface area contributed by atoms with Gasteiger partial charge in [0.05, 0.1) is 13.2 Å². The molecule has 0 radical (unpaired) electrons. The lowest BCUT2D eigenvalue weighted by atomic mass is 10.2. The van der Waals surface area contributed by atoms with Gasteiger partial charge in [0.1, 0.15) is 11.5 Å². The molecule has 0 saturated heterocycles. The summed E-state index contributed by atoms with van der Waals surface area (Å²) in [6.45, 7) is 9.64. The Morgan fingerprint density at radius 1 is 0.742 bits per heavy atom. The molecule has 3 aromatic rings. The van der Waals surface area contributed by atoms with E-state index >= 15 is 0 Å². The monoisotopic (exact) mass is 442 g/mol. The average Bonchev–Trinajstić information content (AvgIpc) is 2.78. The fourth-order valence-electron chi connectivity index (χ4n) is 3.37. The summed E-state index contributed by atoms with van der Waals surface area (Å²) >= 11 is 1.61. The maximum absolute atomic E-state index is 12.9. The number of nitrogens with one attached hydrogen (secondary N) is 2. The lowest BCUT2D eigenvalue weighted by molar-refractivity contribution is 0.308. The van der Waals surface area contributed by atoms with Crippen molar-refractivity contribution in [2.24, 2.45) is 0 Å². The number of hydrogen-bond donors (Lipinski definition) is 2. The molecule has 168 valence electrons. The van der Waals surface area contributed by atoms with E-state index in [0.29, 0.717) is 13.2 Å². The zero-order chi connectivity index (χ0) is 21.9. The third kappa shape index (κ3) is 6.92. The Labute approximate surface area is 188 Å². The Kier molecular flexibility index (Phi) is 9.59. The van der Waals surface area contributed by atoms with Crippen molar-refractivity contribution in [2.75, 3.05) is 39.4 Å². The highest BCUT2D eigenvalue weighted by molar-refractivity contribution is 7.24. The summed E-state index contributed by atoms with van der Waals surface area (Å²) in [6.07, 6.45) is 4.20. The molecule has 2 N–H and O–H groups in total. The van der Waals surface area contributed by atoms with Gasteiger partial charge in [-0.3, -0.25) is 4.79 Å². The van der Waals surface area contributed by atoms with Crippen molar-refractivity contribution >= 4 is 31.5 Å². The molecule has 5 nitrogen and oxygen atoms in total. The van der Waals surface area contributed by atoms with Crippen LogP contribution in [0.1, 0.15) is 39.5 Å². The first-order valence-electron chi connectivity index (χ1n) is 11.4. The maximum atomic E-state index is 12.9. The Morgan fingerprint density at radius 2 is 1.23 bits per heavy atom. The molecule has 1 aromatic heterocycles. The number of hydrogen-bond acceptors (Lipinski definition) is 6. The van der Waals surface area contributed by atoms with Gasteiger partial charge < -0.3 is 20.1 Å². The molecule has 0 bridgehead atoms. The predicted octanol–water partition coefficient (Wildman–Crippen LogP) is 4.95. The molecule has 2 aromatic carbocycles. The summed E-state index contributed by atoms with van der Waals surface area (Å²) < 4.78 is 13.7. The molecule has 6 heteroatoms. The van der Waals surface area contributed by atoms with E-state index in [0.717, 1.165) is 83.5 Å². The normalized spacial score (nSPS) is 11.3. The van der Waals surface area contributed by atoms with Gasteiger partial charge in [0.15, 0.2) is 5.43 Å². The highest BCUT2D eigenvalue weighted by Gasteiger charge is 2.09. The Bertz CT molecular complexity index is 942. The van der Waals surface area contributed by atoms with E-state index in [1.54, 1.807) is 11.3 Å². The summed E-state index contributed by atoms with van der Waals surface area (Å²) in [5, 5.41) is 8.23. The summed E-state index contributed by atoms with van der Waals surface area (Å²) in [5.74, 6) is 1.62. The first-order valence-corrected chi connectivity index (χ1v) is 12.2. The molecular weight excluding hydrogens is 408 g/mol. The average molecular weight is 443 g/mol. The van der Waals surface area contributed by atoms with Crippen molar-refractivity contribution in [1.82, 2.24) is 10.6 Å². The van der Waals surface area contributed by atoms with Gasteiger partial charge in [-0.1, -0.05) is 13.8 Å². The number of ether oxygens (including phenoxy) is 2. The molecule has 0 unspecified atom stereocenters. The van der Waals surface area contributed by atoms with Gasteiger partial charge in [-0.05, 0) is 88.3 Å². The molecule has 0 fully saturated rings. The van der Waals surface area contributed by atoms with E-state index in [-0.39, 0.29) is 5.43 Å². The van der Waals surface area contributed by atoms with E-state index in [1.165, 1.54) is 0 Å². The van der Waals surface area contributed by atoms with Gasteiger partial charge in [0.25, 0.3) is 0 Å². The Morgan fingerprint density at radius 3 is 1.68 bits per heavy atom. The Balaban J connectivity index is 1.66. The highest BCUT2D eigenvalue weighted by Crippen LogP contribution is 2.30. The molecule has 3 rings (SSSR count). The first-order chi connectivity index (χ1) is 15.2. The van der Waals surface area contributed by atoms with Crippen molar-refractivity contribution < 1.29 is 9.47 Å². The van der Waals surface area contributed by atoms with Crippen LogP contribution in [0.4, 0.5) is 0 Å². The van der Waals surface area contributed by atoms with Crippen molar-refractivity contribution in [3.63, 3.8) is 0 Å². The van der Waals surface area contributed by atoms with Crippen LogP contribution in [0.5, 0.6) is 11.5 Å². The molecule has 31 heavy (non-hydrogen) atoms. The molecule has 0 aliphatic rings. The summed E-state index contributed by atoms with van der Waals surface area (Å²) in [7, 11) is 0. The van der Waals surface area contributed by atoms with Gasteiger partial charge >= 0.3 is 0 Å². The molecule has 0 amide bonds. The minimum Gasteiger partial charge on any atom is -0.493 e. The third-order valence-corrected chi connectivity index (χ3v) is 6.12. The van der Waals surface area contributed by atoms with Crippen molar-refractivity contribution in [2.45, 2.75) is 39.5 Å². The van der Waals surface area contributed by atoms with E-state index in [4.69, 9.17) is 9.47 Å². The molecule has 0 atom stereocenters. The van der Waals surface area contributed by atoms with Gasteiger partial charge in [-0.2, -0.15) is 0 Å². The second-order valence-electron chi connectivity index (χ2n) is 7.65. The van der Waals surface area contributed by atoms with Gasteiger partial charge in [-0.25, -0.2) is 0 Å². The van der Waals surface area contributed by atoms with Crippen LogP contribution in [0.2, 0.25) is 0 Å². The molecule has 0 aliphatic heterocycles. The van der Waals surface area contributed by atoms with Crippen LogP contribution >= 0.6 is 11.3 Å². The third-order valence-electron chi connectivity index (χ3n) is 5.00. The van der Waals surface area contributed by atoms with Crippen molar-refractivity contribution in [3.05, 3.63) is 46.6 Å². The largest absolute Gasteiger partial charge is 0.493 e. The van der Waals surface area contributed by atoms with E-state index in [9.17, 15) is 4.79 Å². The van der Waals surface area contributed by atoms with E-state index < -0.39 is 0 Å². The van der Waals surface area contributed by atoms with Crippen molar-refractivity contribution in [1.29, 1.82) is 0 Å².